The van der Waals surface area contributed by atoms with Crippen LogP contribution < -0.4 is 0 Å². The lowest BCUT2D eigenvalue weighted by Gasteiger charge is -2.06. The molecule has 0 spiro atoms. The lowest BCUT2D eigenvalue weighted by molar-refractivity contribution is -0.117. The van der Waals surface area contributed by atoms with Gasteiger partial charge in [-0.05, 0) is 12.8 Å². The average molecular weight is 193 g/mol. The van der Waals surface area contributed by atoms with E-state index in [0.717, 1.165) is 6.42 Å². The monoisotopic (exact) mass is 192 g/mol. The maximum atomic E-state index is 12.5. The van der Waals surface area contributed by atoms with Crippen LogP contribution >= 0.6 is 15.9 Å². The predicted molar refractivity (Wildman–Crippen MR) is 35.9 cm³/mol. The van der Waals surface area contributed by atoms with Crippen LogP contribution in [0.3, 0.4) is 0 Å². The first kappa shape index (κ1) is 6.93. The summed E-state index contributed by atoms with van der Waals surface area (Å²) in [5.74, 6) is -0.950. The molecule has 0 heterocycles. The standard InChI is InChI=1S/C6H6BrFO/c7-4-2-1-3-5(9)6(4)8/h1-3H2. The molecule has 1 aliphatic carbocycles. The number of halogens is 2. The second-order valence-corrected chi connectivity index (χ2v) is 2.95. The maximum absolute atomic E-state index is 12.5. The minimum Gasteiger partial charge on any atom is -0.292 e. The SMILES string of the molecule is O=C1CCCC(Br)=C1F. The van der Waals surface area contributed by atoms with Crippen LogP contribution in [-0.2, 0) is 4.79 Å². The highest BCUT2D eigenvalue weighted by Crippen LogP contribution is 2.26. The molecule has 0 saturated heterocycles. The van der Waals surface area contributed by atoms with Crippen LogP contribution in [-0.4, -0.2) is 5.78 Å². The fourth-order valence-corrected chi connectivity index (χ4v) is 1.28. The van der Waals surface area contributed by atoms with Gasteiger partial charge in [0.1, 0.15) is 0 Å². The summed E-state index contributed by atoms with van der Waals surface area (Å²) in [6, 6.07) is 0. The lowest BCUT2D eigenvalue weighted by Crippen LogP contribution is -2.04. The molecule has 1 nitrogen and oxygen atoms in total. The molecule has 0 unspecified atom stereocenters. The van der Waals surface area contributed by atoms with Gasteiger partial charge in [-0.25, -0.2) is 4.39 Å². The molecule has 0 bridgehead atoms. The number of carbonyl (C=O) groups excluding carboxylic acids is 1. The molecule has 0 atom stereocenters. The highest BCUT2D eigenvalue weighted by Gasteiger charge is 2.17. The van der Waals surface area contributed by atoms with Crippen molar-refractivity contribution in [2.45, 2.75) is 19.3 Å². The van der Waals surface area contributed by atoms with Gasteiger partial charge in [0, 0.05) is 10.9 Å². The van der Waals surface area contributed by atoms with Crippen LogP contribution in [0, 0.1) is 0 Å². The summed E-state index contributed by atoms with van der Waals surface area (Å²) in [5.41, 5.74) is 0. The highest BCUT2D eigenvalue weighted by atomic mass is 79.9. The molecular formula is C6H6BrFO. The quantitative estimate of drug-likeness (QED) is 0.576. The molecule has 0 aromatic heterocycles. The van der Waals surface area contributed by atoms with E-state index in [4.69, 9.17) is 0 Å². The number of carbonyl (C=O) groups is 1. The van der Waals surface area contributed by atoms with Crippen LogP contribution in [0.4, 0.5) is 4.39 Å². The van der Waals surface area contributed by atoms with Crippen molar-refractivity contribution < 1.29 is 9.18 Å². The number of Topliss-reactive ketones (excluding diaryl/α,β-unsaturated/α-hetero) is 1. The van der Waals surface area contributed by atoms with Crippen molar-refractivity contribution in [2.75, 3.05) is 0 Å². The van der Waals surface area contributed by atoms with Crippen LogP contribution in [0.2, 0.25) is 0 Å². The number of allylic oxidation sites excluding steroid dienone is 2. The molecule has 1 rings (SSSR count). The molecular weight excluding hydrogens is 187 g/mol. The van der Waals surface area contributed by atoms with E-state index in [-0.39, 0.29) is 5.78 Å². The van der Waals surface area contributed by atoms with E-state index in [1.54, 1.807) is 0 Å². The van der Waals surface area contributed by atoms with Crippen molar-refractivity contribution in [3.8, 4) is 0 Å². The van der Waals surface area contributed by atoms with E-state index < -0.39 is 5.83 Å². The van der Waals surface area contributed by atoms with Gasteiger partial charge in [0.05, 0.1) is 0 Å². The first-order valence-electron chi connectivity index (χ1n) is 2.79. The van der Waals surface area contributed by atoms with Gasteiger partial charge in [-0.2, -0.15) is 0 Å². The van der Waals surface area contributed by atoms with Crippen LogP contribution in [0.5, 0.6) is 0 Å². The summed E-state index contributed by atoms with van der Waals surface area (Å²) >= 11 is 2.98. The smallest absolute Gasteiger partial charge is 0.192 e. The van der Waals surface area contributed by atoms with Gasteiger partial charge in [-0.15, -0.1) is 0 Å². The average Bonchev–Trinajstić information content (AvgIpc) is 1.83. The summed E-state index contributed by atoms with van der Waals surface area (Å²) < 4.78 is 12.9. The Morgan fingerprint density at radius 2 is 2.11 bits per heavy atom. The van der Waals surface area contributed by atoms with Crippen LogP contribution in [0.25, 0.3) is 0 Å². The van der Waals surface area contributed by atoms with E-state index in [1.165, 1.54) is 0 Å². The Kier molecular flexibility index (Phi) is 2.01. The van der Waals surface area contributed by atoms with E-state index in [1.807, 2.05) is 0 Å². The topological polar surface area (TPSA) is 17.1 Å². The molecule has 3 heteroatoms. The fraction of sp³-hybridized carbons (Fsp3) is 0.500. The minimum absolute atomic E-state index is 0.362. The molecule has 0 saturated carbocycles. The van der Waals surface area contributed by atoms with Crippen molar-refractivity contribution in [3.63, 3.8) is 0 Å². The van der Waals surface area contributed by atoms with Gasteiger partial charge in [0.25, 0.3) is 0 Å². The number of hydrogen-bond donors (Lipinski definition) is 0. The van der Waals surface area contributed by atoms with E-state index >= 15 is 0 Å². The van der Waals surface area contributed by atoms with E-state index in [2.05, 4.69) is 15.9 Å². The summed E-state index contributed by atoms with van der Waals surface area (Å²) in [6.07, 6.45) is 1.80. The Morgan fingerprint density at radius 1 is 1.44 bits per heavy atom. The second-order valence-electron chi connectivity index (χ2n) is 2.00. The first-order valence-corrected chi connectivity index (χ1v) is 3.58. The molecule has 1 aliphatic rings. The Morgan fingerprint density at radius 3 is 2.56 bits per heavy atom. The van der Waals surface area contributed by atoms with Gasteiger partial charge in [0.15, 0.2) is 11.6 Å². The van der Waals surface area contributed by atoms with E-state index in [9.17, 15) is 9.18 Å². The van der Waals surface area contributed by atoms with Gasteiger partial charge >= 0.3 is 0 Å². The second kappa shape index (κ2) is 2.60. The zero-order valence-electron chi connectivity index (χ0n) is 4.79. The summed E-state index contributed by atoms with van der Waals surface area (Å²) in [7, 11) is 0. The molecule has 0 aromatic carbocycles. The normalized spacial score (nSPS) is 20.9. The highest BCUT2D eigenvalue weighted by molar-refractivity contribution is 9.11. The number of hydrogen-bond acceptors (Lipinski definition) is 1. The largest absolute Gasteiger partial charge is 0.292 e. The summed E-state index contributed by atoms with van der Waals surface area (Å²) in [5, 5.41) is 0. The lowest BCUT2D eigenvalue weighted by atomic mass is 10.1. The molecule has 0 amide bonds. The Bertz CT molecular complexity index is 174. The molecule has 0 fully saturated rings. The molecule has 0 N–H and O–H groups in total. The summed E-state index contributed by atoms with van der Waals surface area (Å²) in [4.78, 5) is 10.5. The number of ketones is 1. The Balaban J connectivity index is 2.84. The molecule has 0 radical (unpaired) electrons. The number of rotatable bonds is 0. The van der Waals surface area contributed by atoms with Gasteiger partial charge in [-0.3, -0.25) is 4.79 Å². The maximum Gasteiger partial charge on any atom is 0.192 e. The van der Waals surface area contributed by atoms with Crippen molar-refractivity contribution in [1.82, 2.24) is 0 Å². The molecule has 0 aromatic rings. The molecule has 9 heavy (non-hydrogen) atoms. The third-order valence-electron chi connectivity index (χ3n) is 1.28. The van der Waals surface area contributed by atoms with Crippen LogP contribution in [0.1, 0.15) is 19.3 Å². The van der Waals surface area contributed by atoms with Crippen molar-refractivity contribution in [1.29, 1.82) is 0 Å². The Hall–Kier alpha value is -0.180. The van der Waals surface area contributed by atoms with Gasteiger partial charge < -0.3 is 0 Å². The Labute approximate surface area is 61.1 Å². The van der Waals surface area contributed by atoms with Gasteiger partial charge in [0.2, 0.25) is 0 Å². The van der Waals surface area contributed by atoms with Crippen molar-refractivity contribution in [3.05, 3.63) is 10.3 Å². The fourth-order valence-electron chi connectivity index (χ4n) is 0.775. The van der Waals surface area contributed by atoms with Crippen LogP contribution in [0.15, 0.2) is 10.3 Å². The molecule has 0 aliphatic heterocycles. The predicted octanol–water partition coefficient (Wildman–Crippen LogP) is 2.32. The molecule has 50 valence electrons. The third-order valence-corrected chi connectivity index (χ3v) is 2.03. The zero-order valence-corrected chi connectivity index (χ0v) is 6.37. The minimum atomic E-state index is -0.582. The van der Waals surface area contributed by atoms with E-state index in [0.29, 0.717) is 17.3 Å². The van der Waals surface area contributed by atoms with Crippen molar-refractivity contribution in [2.24, 2.45) is 0 Å². The summed E-state index contributed by atoms with van der Waals surface area (Å²) in [6.45, 7) is 0. The third kappa shape index (κ3) is 1.39. The first-order chi connectivity index (χ1) is 4.22. The zero-order chi connectivity index (χ0) is 6.85. The van der Waals surface area contributed by atoms with Gasteiger partial charge in [-0.1, -0.05) is 15.9 Å². The van der Waals surface area contributed by atoms with Crippen molar-refractivity contribution >= 4 is 21.7 Å².